The second-order valence-electron chi connectivity index (χ2n) is 14.1. The SMILES string of the molecule is Cc1cc(N)c(F)c([C@H]2OCc3c(nc(OC[C@@]45CCCN4C[C@H](F)C5)nc3N3CC4CCC(C3)N4)[C@H]2C2CC2)c1C(F)(F)F. The largest absolute Gasteiger partial charge is 0.461 e. The number of rotatable bonds is 6. The molecule has 1 aromatic carbocycles. The molecule has 2 aromatic rings. The average Bonchev–Trinajstić information content (AvgIpc) is 3.57. The van der Waals surface area contributed by atoms with E-state index in [2.05, 4.69) is 15.1 Å². The summed E-state index contributed by atoms with van der Waals surface area (Å²) in [7, 11) is 0. The van der Waals surface area contributed by atoms with Crippen molar-refractivity contribution >= 4 is 11.5 Å². The molecule has 6 heterocycles. The van der Waals surface area contributed by atoms with Crippen LogP contribution in [0.3, 0.4) is 0 Å². The first kappa shape index (κ1) is 29.6. The van der Waals surface area contributed by atoms with E-state index in [1.54, 1.807) is 0 Å². The van der Waals surface area contributed by atoms with Crippen molar-refractivity contribution in [1.29, 1.82) is 0 Å². The van der Waals surface area contributed by atoms with Gasteiger partial charge >= 0.3 is 12.2 Å². The van der Waals surface area contributed by atoms with E-state index in [1.165, 1.54) is 6.92 Å². The summed E-state index contributed by atoms with van der Waals surface area (Å²) in [4.78, 5) is 14.2. The van der Waals surface area contributed by atoms with Crippen LogP contribution in [-0.2, 0) is 17.5 Å². The van der Waals surface area contributed by atoms with E-state index in [4.69, 9.17) is 25.2 Å². The number of nitrogen functional groups attached to an aromatic ring is 1. The van der Waals surface area contributed by atoms with Gasteiger partial charge in [0.15, 0.2) is 5.82 Å². The van der Waals surface area contributed by atoms with Crippen LogP contribution in [0.1, 0.15) is 84.9 Å². The van der Waals surface area contributed by atoms with Crippen molar-refractivity contribution in [2.75, 3.05) is 43.4 Å². The van der Waals surface area contributed by atoms with Crippen molar-refractivity contribution in [3.63, 3.8) is 0 Å². The van der Waals surface area contributed by atoms with Gasteiger partial charge in [0.1, 0.15) is 18.6 Å². The Bertz CT molecular complexity index is 1490. The van der Waals surface area contributed by atoms with Crippen LogP contribution in [0.4, 0.5) is 33.5 Å². The highest BCUT2D eigenvalue weighted by Gasteiger charge is 2.51. The molecule has 6 atom stereocenters. The highest BCUT2D eigenvalue weighted by atomic mass is 19.4. The number of nitrogens with zero attached hydrogens (tertiary/aromatic N) is 4. The van der Waals surface area contributed by atoms with E-state index in [0.717, 1.165) is 69.8 Å². The molecule has 45 heavy (non-hydrogen) atoms. The molecule has 0 spiro atoms. The van der Waals surface area contributed by atoms with Crippen LogP contribution < -0.4 is 20.7 Å². The Morgan fingerprint density at radius 1 is 1.13 bits per heavy atom. The summed E-state index contributed by atoms with van der Waals surface area (Å²) in [5.74, 6) is -1.12. The van der Waals surface area contributed by atoms with Crippen molar-refractivity contribution < 1.29 is 31.4 Å². The minimum atomic E-state index is -4.81. The maximum Gasteiger partial charge on any atom is 0.417 e. The van der Waals surface area contributed by atoms with Crippen LogP contribution in [0.15, 0.2) is 6.07 Å². The van der Waals surface area contributed by atoms with Crippen LogP contribution in [0.2, 0.25) is 0 Å². The van der Waals surface area contributed by atoms with Crippen molar-refractivity contribution in [2.24, 2.45) is 5.92 Å². The zero-order valence-corrected chi connectivity index (χ0v) is 25.3. The standard InChI is InChI=1S/C32H39F5N6O2/c1-16-9-22(38)26(34)24(25(16)32(35,36)37)28-23(17-3-4-17)27-21(14-44-28)29(42-12-19-5-6-20(13-42)39-19)41-30(40-27)45-15-31-7-2-8-43(31)11-18(33)10-31/h9,17-20,23,28,39H,2-8,10-15,38H2,1H3/t18-,19?,20?,23-,28+,31+/m1/s1. The fourth-order valence-electron chi connectivity index (χ4n) is 8.92. The predicted molar refractivity (Wildman–Crippen MR) is 156 cm³/mol. The maximum atomic E-state index is 15.8. The van der Waals surface area contributed by atoms with E-state index >= 15 is 4.39 Å². The van der Waals surface area contributed by atoms with Gasteiger partial charge in [0.25, 0.3) is 0 Å². The molecular formula is C32H39F5N6O2. The van der Waals surface area contributed by atoms with E-state index in [9.17, 15) is 17.6 Å². The van der Waals surface area contributed by atoms with Crippen molar-refractivity contribution in [3.05, 3.63) is 39.8 Å². The number of alkyl halides is 4. The van der Waals surface area contributed by atoms with Crippen molar-refractivity contribution in [1.82, 2.24) is 20.2 Å². The number of aromatic nitrogens is 2. The quantitative estimate of drug-likeness (QED) is 0.332. The topological polar surface area (TPSA) is 88.8 Å². The summed E-state index contributed by atoms with van der Waals surface area (Å²) in [6.07, 6.45) is -1.15. The normalized spacial score (nSPS) is 33.0. The van der Waals surface area contributed by atoms with Gasteiger partial charge < -0.3 is 25.4 Å². The monoisotopic (exact) mass is 634 g/mol. The molecule has 244 valence electrons. The molecule has 2 unspecified atom stereocenters. The lowest BCUT2D eigenvalue weighted by atomic mass is 9.81. The zero-order valence-electron chi connectivity index (χ0n) is 25.3. The Labute approximate surface area is 258 Å². The lowest BCUT2D eigenvalue weighted by Crippen LogP contribution is -2.52. The summed E-state index contributed by atoms with van der Waals surface area (Å²) < 4.78 is 86.4. The van der Waals surface area contributed by atoms with Gasteiger partial charge in [0.05, 0.1) is 35.2 Å². The molecule has 1 aliphatic carbocycles. The smallest absolute Gasteiger partial charge is 0.417 e. The molecule has 3 N–H and O–H groups in total. The van der Waals surface area contributed by atoms with E-state index < -0.39 is 46.9 Å². The molecule has 8 rings (SSSR count). The summed E-state index contributed by atoms with van der Waals surface area (Å²) in [5, 5.41) is 3.63. The number of hydrogen-bond acceptors (Lipinski definition) is 8. The van der Waals surface area contributed by atoms with E-state index in [0.29, 0.717) is 36.6 Å². The Morgan fingerprint density at radius 2 is 1.89 bits per heavy atom. The molecule has 6 aliphatic rings. The molecule has 0 amide bonds. The van der Waals surface area contributed by atoms with Crippen LogP contribution in [0.5, 0.6) is 6.01 Å². The third-order valence-corrected chi connectivity index (χ3v) is 11.0. The number of hydrogen-bond donors (Lipinski definition) is 2. The first-order valence-corrected chi connectivity index (χ1v) is 16.2. The number of aryl methyl sites for hydroxylation is 1. The molecule has 0 radical (unpaired) electrons. The minimum absolute atomic E-state index is 0.0443. The molecule has 13 heteroatoms. The Hall–Kier alpha value is -2.77. The fraction of sp³-hybridized carbons (Fsp3) is 0.688. The number of ether oxygens (including phenoxy) is 2. The number of anilines is 2. The maximum absolute atomic E-state index is 15.8. The number of fused-ring (bicyclic) bond motifs is 4. The number of benzene rings is 1. The lowest BCUT2D eigenvalue weighted by molar-refractivity contribution is -0.141. The highest BCUT2D eigenvalue weighted by Crippen LogP contribution is 2.56. The van der Waals surface area contributed by atoms with Gasteiger partial charge in [0, 0.05) is 55.2 Å². The van der Waals surface area contributed by atoms with Gasteiger partial charge in [-0.05, 0) is 69.5 Å². The zero-order chi connectivity index (χ0) is 31.2. The van der Waals surface area contributed by atoms with Gasteiger partial charge in [-0.15, -0.1) is 0 Å². The second-order valence-corrected chi connectivity index (χ2v) is 14.1. The van der Waals surface area contributed by atoms with E-state index in [-0.39, 0.29) is 36.4 Å². The molecule has 4 saturated heterocycles. The summed E-state index contributed by atoms with van der Waals surface area (Å²) in [6, 6.07) is 1.77. The van der Waals surface area contributed by atoms with Gasteiger partial charge in [-0.3, -0.25) is 4.90 Å². The Kier molecular flexibility index (Phi) is 7.00. The molecule has 1 saturated carbocycles. The second kappa shape index (κ2) is 10.6. The van der Waals surface area contributed by atoms with Gasteiger partial charge in [0.2, 0.25) is 0 Å². The number of halogens is 5. The first-order valence-electron chi connectivity index (χ1n) is 16.2. The van der Waals surface area contributed by atoms with Crippen LogP contribution in [-0.4, -0.2) is 71.4 Å². The highest BCUT2D eigenvalue weighted by molar-refractivity contribution is 5.57. The van der Waals surface area contributed by atoms with Crippen LogP contribution in [0.25, 0.3) is 0 Å². The third kappa shape index (κ3) is 5.04. The number of piperazine rings is 1. The fourth-order valence-corrected chi connectivity index (χ4v) is 8.92. The predicted octanol–water partition coefficient (Wildman–Crippen LogP) is 5.19. The first-order chi connectivity index (χ1) is 21.5. The van der Waals surface area contributed by atoms with Gasteiger partial charge in [-0.2, -0.15) is 23.1 Å². The van der Waals surface area contributed by atoms with Crippen molar-refractivity contribution in [2.45, 2.75) is 100 Å². The van der Waals surface area contributed by atoms with Gasteiger partial charge in [-0.25, -0.2) is 8.78 Å². The molecule has 1 aromatic heterocycles. The lowest BCUT2D eigenvalue weighted by Gasteiger charge is -2.39. The average molecular weight is 635 g/mol. The molecule has 8 nitrogen and oxygen atoms in total. The summed E-state index contributed by atoms with van der Waals surface area (Å²) >= 11 is 0. The van der Waals surface area contributed by atoms with Crippen LogP contribution in [0, 0.1) is 18.7 Å². The number of nitrogens with one attached hydrogen (secondary N) is 1. The molecule has 5 aliphatic heterocycles. The van der Waals surface area contributed by atoms with E-state index in [1.807, 2.05) is 0 Å². The molecular weight excluding hydrogens is 595 g/mol. The summed E-state index contributed by atoms with van der Waals surface area (Å²) in [5.41, 5.74) is 4.69. The third-order valence-electron chi connectivity index (χ3n) is 11.0. The minimum Gasteiger partial charge on any atom is -0.461 e. The molecule has 5 fully saturated rings. The van der Waals surface area contributed by atoms with Crippen LogP contribution >= 0.6 is 0 Å². The van der Waals surface area contributed by atoms with Crippen molar-refractivity contribution in [3.8, 4) is 6.01 Å². The Morgan fingerprint density at radius 3 is 2.60 bits per heavy atom. The van der Waals surface area contributed by atoms with Gasteiger partial charge in [-0.1, -0.05) is 0 Å². The summed E-state index contributed by atoms with van der Waals surface area (Å²) in [6.45, 7) is 4.11. The molecule has 2 bridgehead atoms. The number of nitrogens with two attached hydrogens (primary N) is 1. The Balaban J connectivity index is 1.23.